The Morgan fingerprint density at radius 1 is 1.17 bits per heavy atom. The van der Waals surface area contributed by atoms with Crippen LogP contribution in [-0.4, -0.2) is 37.5 Å². The fourth-order valence-corrected chi connectivity index (χ4v) is 2.28. The average molecular weight is 325 g/mol. The van der Waals surface area contributed by atoms with Gasteiger partial charge in [0, 0.05) is 25.0 Å². The van der Waals surface area contributed by atoms with Crippen LogP contribution in [0.2, 0.25) is 0 Å². The Bertz CT molecular complexity index is 845. The van der Waals surface area contributed by atoms with Crippen molar-refractivity contribution in [3.05, 3.63) is 42.0 Å². The molecule has 2 heterocycles. The minimum atomic E-state index is -0.246. The van der Waals surface area contributed by atoms with E-state index in [0.717, 1.165) is 28.8 Å². The third-order valence-corrected chi connectivity index (χ3v) is 3.65. The number of aryl methyl sites for hydroxylation is 3. The molecule has 0 fully saturated rings. The van der Waals surface area contributed by atoms with Crippen LogP contribution in [-0.2, 0) is 6.54 Å². The number of aromatic nitrogens is 5. The van der Waals surface area contributed by atoms with Gasteiger partial charge in [0.15, 0.2) is 0 Å². The highest BCUT2D eigenvalue weighted by atomic mass is 16.2. The Hall–Kier alpha value is -3.03. The van der Waals surface area contributed by atoms with Gasteiger partial charge in [0.25, 0.3) is 0 Å². The van der Waals surface area contributed by atoms with E-state index in [-0.39, 0.29) is 6.03 Å². The lowest BCUT2D eigenvalue weighted by Crippen LogP contribution is -2.30. The lowest BCUT2D eigenvalue weighted by molar-refractivity contribution is 0.251. The number of nitrogens with one attached hydrogen (secondary N) is 2. The molecule has 124 valence electrons. The number of benzene rings is 1. The van der Waals surface area contributed by atoms with E-state index in [9.17, 15) is 4.79 Å². The van der Waals surface area contributed by atoms with Crippen LogP contribution < -0.4 is 10.6 Å². The Labute approximate surface area is 139 Å². The van der Waals surface area contributed by atoms with Crippen molar-refractivity contribution in [2.75, 3.05) is 11.9 Å². The molecule has 0 aliphatic rings. The fraction of sp³-hybridized carbons (Fsp3) is 0.312. The molecule has 24 heavy (non-hydrogen) atoms. The number of fused-ring (bicyclic) bond motifs is 1. The first kappa shape index (κ1) is 15.9. The molecule has 0 unspecified atom stereocenters. The molecule has 0 bridgehead atoms. The fourth-order valence-electron chi connectivity index (χ4n) is 2.28. The van der Waals surface area contributed by atoms with Gasteiger partial charge < -0.3 is 10.6 Å². The van der Waals surface area contributed by atoms with Gasteiger partial charge in [-0.1, -0.05) is 5.21 Å². The second kappa shape index (κ2) is 7.03. The lowest BCUT2D eigenvalue weighted by Gasteiger charge is -2.09. The first-order valence-corrected chi connectivity index (χ1v) is 7.76. The molecule has 1 aromatic carbocycles. The zero-order chi connectivity index (χ0) is 16.9. The van der Waals surface area contributed by atoms with Gasteiger partial charge in [-0.05, 0) is 38.5 Å². The number of urea groups is 1. The smallest absolute Gasteiger partial charge is 0.319 e. The highest BCUT2D eigenvalue weighted by Gasteiger charge is 2.05. The van der Waals surface area contributed by atoms with Crippen LogP contribution in [0.3, 0.4) is 0 Å². The third-order valence-electron chi connectivity index (χ3n) is 3.65. The molecule has 0 spiro atoms. The zero-order valence-corrected chi connectivity index (χ0v) is 13.7. The van der Waals surface area contributed by atoms with E-state index in [1.54, 1.807) is 17.1 Å². The maximum atomic E-state index is 11.9. The predicted octanol–water partition coefficient (Wildman–Crippen LogP) is 2.05. The molecule has 2 amide bonds. The molecule has 8 nitrogen and oxygen atoms in total. The Morgan fingerprint density at radius 2 is 1.96 bits per heavy atom. The van der Waals surface area contributed by atoms with Crippen molar-refractivity contribution < 1.29 is 4.79 Å². The van der Waals surface area contributed by atoms with Crippen molar-refractivity contribution in [3.63, 3.8) is 0 Å². The molecule has 0 saturated carbocycles. The van der Waals surface area contributed by atoms with Gasteiger partial charge in [0.1, 0.15) is 0 Å². The van der Waals surface area contributed by atoms with Crippen molar-refractivity contribution in [1.82, 2.24) is 30.3 Å². The second-order valence-corrected chi connectivity index (χ2v) is 5.50. The van der Waals surface area contributed by atoms with Crippen LogP contribution in [0.25, 0.3) is 11.0 Å². The molecular formula is C16H19N7O. The maximum absolute atomic E-state index is 11.9. The van der Waals surface area contributed by atoms with Crippen molar-refractivity contribution in [1.29, 1.82) is 0 Å². The first-order valence-electron chi connectivity index (χ1n) is 7.76. The van der Waals surface area contributed by atoms with E-state index in [4.69, 9.17) is 0 Å². The van der Waals surface area contributed by atoms with Crippen LogP contribution in [0, 0.1) is 13.8 Å². The number of anilines is 1. The van der Waals surface area contributed by atoms with Gasteiger partial charge in [0.05, 0.1) is 28.6 Å². The third kappa shape index (κ3) is 3.83. The minimum Gasteiger partial charge on any atom is -0.338 e. The van der Waals surface area contributed by atoms with Crippen LogP contribution in [0.4, 0.5) is 10.5 Å². The van der Waals surface area contributed by atoms with Crippen LogP contribution in [0.1, 0.15) is 17.8 Å². The molecule has 0 radical (unpaired) electrons. The molecule has 8 heteroatoms. The highest BCUT2D eigenvalue weighted by molar-refractivity contribution is 5.91. The largest absolute Gasteiger partial charge is 0.338 e. The summed E-state index contributed by atoms with van der Waals surface area (Å²) in [5, 5.41) is 13.2. The van der Waals surface area contributed by atoms with Crippen molar-refractivity contribution >= 4 is 22.8 Å². The van der Waals surface area contributed by atoms with Crippen LogP contribution in [0.5, 0.6) is 0 Å². The SMILES string of the molecule is Cc1nc2ccc(NC(=O)NCCCn3ccnn3)cc2nc1C. The number of hydrogen-bond acceptors (Lipinski definition) is 5. The number of carbonyl (C=O) groups excluding carboxylic acids is 1. The second-order valence-electron chi connectivity index (χ2n) is 5.50. The molecule has 3 rings (SSSR count). The molecular weight excluding hydrogens is 306 g/mol. The standard InChI is InChI=1S/C16H19N7O/c1-11-12(2)20-15-10-13(4-5-14(15)19-11)21-16(24)17-6-3-8-23-9-7-18-22-23/h4-5,7,9-10H,3,6,8H2,1-2H3,(H2,17,21,24). The quantitative estimate of drug-likeness (QED) is 0.700. The summed E-state index contributed by atoms with van der Waals surface area (Å²) in [4.78, 5) is 20.9. The van der Waals surface area contributed by atoms with E-state index in [1.165, 1.54) is 0 Å². The lowest BCUT2D eigenvalue weighted by atomic mass is 10.2. The summed E-state index contributed by atoms with van der Waals surface area (Å²) in [6, 6.07) is 5.25. The average Bonchev–Trinajstić information content (AvgIpc) is 3.06. The summed E-state index contributed by atoms with van der Waals surface area (Å²) in [7, 11) is 0. The monoisotopic (exact) mass is 325 g/mol. The van der Waals surface area contributed by atoms with Gasteiger partial charge in [-0.2, -0.15) is 0 Å². The van der Waals surface area contributed by atoms with Gasteiger partial charge in [-0.15, -0.1) is 5.10 Å². The predicted molar refractivity (Wildman–Crippen MR) is 90.7 cm³/mol. The number of hydrogen-bond donors (Lipinski definition) is 2. The van der Waals surface area contributed by atoms with E-state index < -0.39 is 0 Å². The summed E-state index contributed by atoms with van der Waals surface area (Å²) in [6.45, 7) is 5.12. The zero-order valence-electron chi connectivity index (χ0n) is 13.7. The molecule has 2 aromatic heterocycles. The van der Waals surface area contributed by atoms with E-state index in [2.05, 4.69) is 30.9 Å². The topological polar surface area (TPSA) is 97.6 Å². The molecule has 0 aliphatic carbocycles. The first-order chi connectivity index (χ1) is 11.6. The molecule has 0 saturated heterocycles. The number of amides is 2. The number of carbonyl (C=O) groups is 1. The molecule has 2 N–H and O–H groups in total. The Balaban J connectivity index is 1.54. The summed E-state index contributed by atoms with van der Waals surface area (Å²) in [5.74, 6) is 0. The van der Waals surface area contributed by atoms with Gasteiger partial charge in [0.2, 0.25) is 0 Å². The van der Waals surface area contributed by atoms with Crippen LogP contribution in [0.15, 0.2) is 30.6 Å². The maximum Gasteiger partial charge on any atom is 0.319 e. The number of nitrogens with zero attached hydrogens (tertiary/aromatic N) is 5. The summed E-state index contributed by atoms with van der Waals surface area (Å²) in [6.07, 6.45) is 4.20. The minimum absolute atomic E-state index is 0.246. The van der Waals surface area contributed by atoms with Gasteiger partial charge >= 0.3 is 6.03 Å². The van der Waals surface area contributed by atoms with Crippen molar-refractivity contribution in [2.45, 2.75) is 26.8 Å². The Morgan fingerprint density at radius 3 is 2.71 bits per heavy atom. The Kier molecular flexibility index (Phi) is 4.64. The summed E-state index contributed by atoms with van der Waals surface area (Å²) in [5.41, 5.74) is 4.07. The van der Waals surface area contributed by atoms with Gasteiger partial charge in [-0.3, -0.25) is 4.68 Å². The van der Waals surface area contributed by atoms with Crippen molar-refractivity contribution in [3.8, 4) is 0 Å². The summed E-state index contributed by atoms with van der Waals surface area (Å²) >= 11 is 0. The van der Waals surface area contributed by atoms with Crippen LogP contribution >= 0.6 is 0 Å². The van der Waals surface area contributed by atoms with Gasteiger partial charge in [-0.25, -0.2) is 14.8 Å². The van der Waals surface area contributed by atoms with Crippen molar-refractivity contribution in [2.24, 2.45) is 0 Å². The molecule has 0 aliphatic heterocycles. The van der Waals surface area contributed by atoms with E-state index in [0.29, 0.717) is 18.8 Å². The molecule has 3 aromatic rings. The summed E-state index contributed by atoms with van der Waals surface area (Å²) < 4.78 is 1.73. The normalized spacial score (nSPS) is 10.8. The van der Waals surface area contributed by atoms with E-state index >= 15 is 0 Å². The number of rotatable bonds is 5. The molecule has 0 atom stereocenters. The highest BCUT2D eigenvalue weighted by Crippen LogP contribution is 2.17. The van der Waals surface area contributed by atoms with E-state index in [1.807, 2.05) is 32.0 Å².